The molecule has 0 aliphatic carbocycles. The monoisotopic (exact) mass is 312 g/mol. The number of unbranched alkanes of at least 4 members (excludes halogenated alkanes) is 2. The SMILES string of the molecule is CSCCCCCNCc1cccc([N+](=O)[O-])c1C(=O)O. The van der Waals surface area contributed by atoms with E-state index in [2.05, 4.69) is 11.6 Å². The summed E-state index contributed by atoms with van der Waals surface area (Å²) in [6.45, 7) is 1.10. The number of carboxylic acid groups (broad SMARTS) is 1. The van der Waals surface area contributed by atoms with Gasteiger partial charge in [0, 0.05) is 12.6 Å². The molecule has 1 rings (SSSR count). The third-order valence-electron chi connectivity index (χ3n) is 3.06. The fourth-order valence-electron chi connectivity index (χ4n) is 2.03. The first-order valence-corrected chi connectivity index (χ1v) is 8.16. The van der Waals surface area contributed by atoms with Gasteiger partial charge in [-0.15, -0.1) is 0 Å². The van der Waals surface area contributed by atoms with Crippen molar-refractivity contribution < 1.29 is 14.8 Å². The van der Waals surface area contributed by atoms with Gasteiger partial charge in [-0.1, -0.05) is 18.6 Å². The molecule has 0 radical (unpaired) electrons. The van der Waals surface area contributed by atoms with E-state index in [4.69, 9.17) is 5.11 Å². The number of carbonyl (C=O) groups is 1. The highest BCUT2D eigenvalue weighted by Crippen LogP contribution is 2.22. The first-order valence-electron chi connectivity index (χ1n) is 6.77. The van der Waals surface area contributed by atoms with Crippen molar-refractivity contribution in [2.45, 2.75) is 25.8 Å². The second kappa shape index (κ2) is 9.36. The van der Waals surface area contributed by atoms with Crippen LogP contribution < -0.4 is 5.32 Å². The Bertz CT molecular complexity index is 494. The zero-order valence-electron chi connectivity index (χ0n) is 12.0. The molecule has 2 N–H and O–H groups in total. The number of nitrogens with one attached hydrogen (secondary N) is 1. The van der Waals surface area contributed by atoms with Gasteiger partial charge in [0.15, 0.2) is 0 Å². The van der Waals surface area contributed by atoms with Crippen molar-refractivity contribution in [2.75, 3.05) is 18.6 Å². The zero-order valence-corrected chi connectivity index (χ0v) is 12.8. The molecule has 0 aliphatic rings. The van der Waals surface area contributed by atoms with Crippen molar-refractivity contribution in [2.24, 2.45) is 0 Å². The molecule has 0 amide bonds. The summed E-state index contributed by atoms with van der Waals surface area (Å²) >= 11 is 1.82. The molecule has 7 heteroatoms. The molecule has 0 aromatic heterocycles. The average molecular weight is 312 g/mol. The highest BCUT2D eigenvalue weighted by atomic mass is 32.2. The lowest BCUT2D eigenvalue weighted by Gasteiger charge is -2.08. The number of aromatic carboxylic acids is 1. The Balaban J connectivity index is 2.57. The standard InChI is InChI=1S/C14H20N2O4S/c1-21-9-4-2-3-8-15-10-11-6-5-7-12(16(19)20)13(11)14(17)18/h5-7,15H,2-4,8-10H2,1H3,(H,17,18). The number of nitro groups is 1. The fraction of sp³-hybridized carbons (Fsp3) is 0.500. The van der Waals surface area contributed by atoms with E-state index < -0.39 is 10.9 Å². The van der Waals surface area contributed by atoms with Crippen LogP contribution >= 0.6 is 11.8 Å². The Morgan fingerprint density at radius 2 is 2.14 bits per heavy atom. The Kier molecular flexibility index (Phi) is 7.78. The minimum Gasteiger partial charge on any atom is -0.477 e. The van der Waals surface area contributed by atoms with E-state index in [1.165, 1.54) is 18.6 Å². The van der Waals surface area contributed by atoms with Gasteiger partial charge in [-0.25, -0.2) is 4.79 Å². The van der Waals surface area contributed by atoms with E-state index in [0.29, 0.717) is 12.1 Å². The van der Waals surface area contributed by atoms with Gasteiger partial charge in [0.2, 0.25) is 0 Å². The minimum atomic E-state index is -1.26. The molecule has 0 saturated heterocycles. The molecule has 0 spiro atoms. The summed E-state index contributed by atoms with van der Waals surface area (Å²) in [6.07, 6.45) is 5.38. The number of nitro benzene ring substituents is 1. The van der Waals surface area contributed by atoms with Gasteiger partial charge < -0.3 is 10.4 Å². The molecular weight excluding hydrogens is 292 g/mol. The van der Waals surface area contributed by atoms with Crippen LogP contribution in [0, 0.1) is 10.1 Å². The molecule has 1 aromatic rings. The average Bonchev–Trinajstić information content (AvgIpc) is 2.45. The van der Waals surface area contributed by atoms with Crippen LogP contribution in [-0.2, 0) is 6.54 Å². The molecule has 1 aromatic carbocycles. The van der Waals surface area contributed by atoms with Crippen LogP contribution in [0.5, 0.6) is 0 Å². The quantitative estimate of drug-likeness (QED) is 0.392. The van der Waals surface area contributed by atoms with Crippen LogP contribution in [0.3, 0.4) is 0 Å². The van der Waals surface area contributed by atoms with E-state index in [9.17, 15) is 14.9 Å². The lowest BCUT2D eigenvalue weighted by molar-refractivity contribution is -0.385. The van der Waals surface area contributed by atoms with E-state index in [0.717, 1.165) is 25.1 Å². The molecule has 0 fully saturated rings. The third-order valence-corrected chi connectivity index (χ3v) is 3.75. The summed E-state index contributed by atoms with van der Waals surface area (Å²) in [5.41, 5.74) is -0.139. The van der Waals surface area contributed by atoms with Crippen LogP contribution in [0.2, 0.25) is 0 Å². The molecule has 0 aliphatic heterocycles. The van der Waals surface area contributed by atoms with E-state index in [-0.39, 0.29) is 11.3 Å². The molecule has 0 bridgehead atoms. The van der Waals surface area contributed by atoms with Crippen LogP contribution in [0.1, 0.15) is 35.2 Å². The minimum absolute atomic E-state index is 0.225. The summed E-state index contributed by atoms with van der Waals surface area (Å²) in [5.74, 6) is -0.118. The smallest absolute Gasteiger partial charge is 0.343 e. The highest BCUT2D eigenvalue weighted by Gasteiger charge is 2.22. The largest absolute Gasteiger partial charge is 0.477 e. The van der Waals surface area contributed by atoms with Crippen molar-refractivity contribution in [1.29, 1.82) is 0 Å². The molecule has 0 unspecified atom stereocenters. The number of rotatable bonds is 10. The van der Waals surface area contributed by atoms with Gasteiger partial charge in [0.05, 0.1) is 4.92 Å². The molecule has 0 atom stereocenters. The first kappa shape index (κ1) is 17.5. The molecule has 0 saturated carbocycles. The lowest BCUT2D eigenvalue weighted by atomic mass is 10.1. The normalized spacial score (nSPS) is 10.5. The number of thioether (sulfide) groups is 1. The lowest BCUT2D eigenvalue weighted by Crippen LogP contribution is -2.18. The molecular formula is C14H20N2O4S. The second-order valence-corrected chi connectivity index (χ2v) is 5.59. The second-order valence-electron chi connectivity index (χ2n) is 4.60. The topological polar surface area (TPSA) is 92.5 Å². The van der Waals surface area contributed by atoms with Crippen LogP contribution in [-0.4, -0.2) is 34.6 Å². The molecule has 116 valence electrons. The van der Waals surface area contributed by atoms with E-state index in [1.807, 2.05) is 11.8 Å². The van der Waals surface area contributed by atoms with Crippen molar-refractivity contribution in [3.63, 3.8) is 0 Å². The van der Waals surface area contributed by atoms with Crippen molar-refractivity contribution in [3.05, 3.63) is 39.4 Å². The molecule has 6 nitrogen and oxygen atoms in total. The van der Waals surface area contributed by atoms with Gasteiger partial charge in [0.25, 0.3) is 5.69 Å². The van der Waals surface area contributed by atoms with Crippen molar-refractivity contribution in [1.82, 2.24) is 5.32 Å². The highest BCUT2D eigenvalue weighted by molar-refractivity contribution is 7.98. The number of nitrogens with zero attached hydrogens (tertiary/aromatic N) is 1. The Morgan fingerprint density at radius 3 is 2.76 bits per heavy atom. The predicted molar refractivity (Wildman–Crippen MR) is 84.0 cm³/mol. The summed E-state index contributed by atoms with van der Waals surface area (Å²) in [7, 11) is 0. The fourth-order valence-corrected chi connectivity index (χ4v) is 2.52. The van der Waals surface area contributed by atoms with Gasteiger partial charge in [-0.2, -0.15) is 11.8 Å². The van der Waals surface area contributed by atoms with Crippen molar-refractivity contribution >= 4 is 23.4 Å². The maximum atomic E-state index is 11.2. The van der Waals surface area contributed by atoms with Gasteiger partial charge >= 0.3 is 5.97 Å². The zero-order chi connectivity index (χ0) is 15.7. The number of benzene rings is 1. The number of hydrogen-bond donors (Lipinski definition) is 2. The van der Waals surface area contributed by atoms with Crippen LogP contribution in [0.25, 0.3) is 0 Å². The number of hydrogen-bond acceptors (Lipinski definition) is 5. The Hall–Kier alpha value is -1.60. The molecule has 0 heterocycles. The van der Waals surface area contributed by atoms with Crippen LogP contribution in [0.15, 0.2) is 18.2 Å². The predicted octanol–water partition coefficient (Wildman–Crippen LogP) is 2.92. The maximum absolute atomic E-state index is 11.2. The van der Waals surface area contributed by atoms with Gasteiger partial charge in [0.1, 0.15) is 5.56 Å². The first-order chi connectivity index (χ1) is 10.1. The van der Waals surface area contributed by atoms with E-state index in [1.54, 1.807) is 6.07 Å². The Morgan fingerprint density at radius 1 is 1.38 bits per heavy atom. The van der Waals surface area contributed by atoms with Crippen molar-refractivity contribution in [3.8, 4) is 0 Å². The molecule has 21 heavy (non-hydrogen) atoms. The van der Waals surface area contributed by atoms with E-state index >= 15 is 0 Å². The summed E-state index contributed by atoms with van der Waals surface area (Å²) in [6, 6.07) is 4.34. The summed E-state index contributed by atoms with van der Waals surface area (Å²) in [5, 5.41) is 23.2. The summed E-state index contributed by atoms with van der Waals surface area (Å²) in [4.78, 5) is 21.4. The number of carboxylic acids is 1. The maximum Gasteiger partial charge on any atom is 0.343 e. The van der Waals surface area contributed by atoms with Gasteiger partial charge in [-0.3, -0.25) is 10.1 Å². The third kappa shape index (κ3) is 5.73. The summed E-state index contributed by atoms with van der Waals surface area (Å²) < 4.78 is 0. The van der Waals surface area contributed by atoms with Gasteiger partial charge in [-0.05, 0) is 37.0 Å². The Labute approximate surface area is 128 Å². The van der Waals surface area contributed by atoms with Crippen LogP contribution in [0.4, 0.5) is 5.69 Å².